The summed E-state index contributed by atoms with van der Waals surface area (Å²) in [6.07, 6.45) is 3.89. The van der Waals surface area contributed by atoms with Crippen molar-refractivity contribution in [2.24, 2.45) is 5.73 Å². The molecule has 2 N–H and O–H groups in total. The van der Waals surface area contributed by atoms with E-state index in [4.69, 9.17) is 10.2 Å². The third-order valence-electron chi connectivity index (χ3n) is 4.60. The van der Waals surface area contributed by atoms with Gasteiger partial charge in [0, 0.05) is 12.6 Å². The number of nitrogens with zero attached hydrogens (tertiary/aromatic N) is 1. The van der Waals surface area contributed by atoms with Crippen molar-refractivity contribution in [3.05, 3.63) is 60.1 Å². The molecule has 3 rings (SSSR count). The van der Waals surface area contributed by atoms with Crippen LogP contribution in [0.5, 0.6) is 0 Å². The van der Waals surface area contributed by atoms with E-state index < -0.39 is 0 Å². The van der Waals surface area contributed by atoms with Crippen LogP contribution in [0.25, 0.3) is 0 Å². The summed E-state index contributed by atoms with van der Waals surface area (Å²) in [6, 6.07) is 15.1. The highest BCUT2D eigenvalue weighted by Gasteiger charge is 2.34. The van der Waals surface area contributed by atoms with Crippen LogP contribution in [-0.2, 0) is 0 Å². The van der Waals surface area contributed by atoms with Crippen LogP contribution >= 0.6 is 0 Å². The molecule has 3 heteroatoms. The van der Waals surface area contributed by atoms with Crippen molar-refractivity contribution in [1.29, 1.82) is 0 Å². The molecule has 0 saturated carbocycles. The second-order valence-corrected chi connectivity index (χ2v) is 5.92. The lowest BCUT2D eigenvalue weighted by atomic mass is 9.98. The summed E-state index contributed by atoms with van der Waals surface area (Å²) in [5, 5.41) is 0. The van der Waals surface area contributed by atoms with E-state index in [1.165, 1.54) is 12.0 Å². The molecule has 0 amide bonds. The van der Waals surface area contributed by atoms with Crippen LogP contribution in [0.3, 0.4) is 0 Å². The number of furan rings is 1. The highest BCUT2D eigenvalue weighted by molar-refractivity contribution is 5.22. The zero-order chi connectivity index (χ0) is 14.7. The molecule has 112 valence electrons. The molecule has 1 aromatic heterocycles. The van der Waals surface area contributed by atoms with E-state index >= 15 is 0 Å². The van der Waals surface area contributed by atoms with E-state index in [2.05, 4.69) is 48.2 Å². The predicted octanol–water partition coefficient (Wildman–Crippen LogP) is 3.55. The first kappa shape index (κ1) is 14.4. The van der Waals surface area contributed by atoms with Crippen LogP contribution in [0.1, 0.15) is 43.0 Å². The fraction of sp³-hybridized carbons (Fsp3) is 0.444. The molecule has 2 aromatic rings. The minimum atomic E-state index is 0.116. The molecule has 1 saturated heterocycles. The third-order valence-corrected chi connectivity index (χ3v) is 4.60. The van der Waals surface area contributed by atoms with E-state index in [1.807, 2.05) is 6.07 Å². The normalized spacial score (nSPS) is 22.3. The van der Waals surface area contributed by atoms with Gasteiger partial charge in [0.25, 0.3) is 0 Å². The fourth-order valence-corrected chi connectivity index (χ4v) is 3.38. The smallest absolute Gasteiger partial charge is 0.122 e. The van der Waals surface area contributed by atoms with Gasteiger partial charge in [0.05, 0.1) is 12.3 Å². The average Bonchev–Trinajstić information content (AvgIpc) is 3.20. The maximum absolute atomic E-state index is 6.37. The van der Waals surface area contributed by atoms with Crippen molar-refractivity contribution in [1.82, 2.24) is 4.90 Å². The van der Waals surface area contributed by atoms with Crippen molar-refractivity contribution >= 4 is 0 Å². The van der Waals surface area contributed by atoms with Crippen molar-refractivity contribution in [2.45, 2.75) is 37.8 Å². The number of nitrogens with two attached hydrogens (primary N) is 1. The van der Waals surface area contributed by atoms with Crippen LogP contribution in [0, 0.1) is 0 Å². The van der Waals surface area contributed by atoms with Crippen LogP contribution < -0.4 is 5.73 Å². The van der Waals surface area contributed by atoms with Gasteiger partial charge in [-0.25, -0.2) is 0 Å². The van der Waals surface area contributed by atoms with Crippen LogP contribution in [-0.4, -0.2) is 24.0 Å². The first-order valence-electron chi connectivity index (χ1n) is 7.87. The summed E-state index contributed by atoms with van der Waals surface area (Å²) in [6.45, 7) is 4.28. The Morgan fingerprint density at radius 2 is 2.05 bits per heavy atom. The average molecular weight is 284 g/mol. The molecular weight excluding hydrogens is 260 g/mol. The fourth-order valence-electron chi connectivity index (χ4n) is 3.38. The van der Waals surface area contributed by atoms with E-state index in [0.29, 0.717) is 5.92 Å². The number of rotatable bonds is 5. The maximum Gasteiger partial charge on any atom is 0.122 e. The van der Waals surface area contributed by atoms with Gasteiger partial charge in [0.15, 0.2) is 0 Å². The maximum atomic E-state index is 6.37. The van der Waals surface area contributed by atoms with E-state index in [1.54, 1.807) is 6.26 Å². The third kappa shape index (κ3) is 3.04. The molecule has 0 spiro atoms. The quantitative estimate of drug-likeness (QED) is 0.913. The molecule has 1 aliphatic rings. The van der Waals surface area contributed by atoms with E-state index in [9.17, 15) is 0 Å². The SMILES string of the molecule is CCC(N)C(c1ccco1)N1CCC(c2ccccc2)C1. The summed E-state index contributed by atoms with van der Waals surface area (Å²) < 4.78 is 5.65. The number of hydrogen-bond donors (Lipinski definition) is 1. The Hall–Kier alpha value is -1.58. The number of hydrogen-bond acceptors (Lipinski definition) is 3. The van der Waals surface area contributed by atoms with Crippen LogP contribution in [0.2, 0.25) is 0 Å². The monoisotopic (exact) mass is 284 g/mol. The van der Waals surface area contributed by atoms with E-state index in [0.717, 1.165) is 25.3 Å². The molecule has 1 fully saturated rings. The van der Waals surface area contributed by atoms with Gasteiger partial charge in [-0.2, -0.15) is 0 Å². The molecule has 2 heterocycles. The lowest BCUT2D eigenvalue weighted by Crippen LogP contribution is -2.39. The first-order valence-corrected chi connectivity index (χ1v) is 7.87. The Balaban J connectivity index is 1.76. The van der Waals surface area contributed by atoms with Crippen LogP contribution in [0.4, 0.5) is 0 Å². The lowest BCUT2D eigenvalue weighted by molar-refractivity contribution is 0.180. The van der Waals surface area contributed by atoms with E-state index in [-0.39, 0.29) is 12.1 Å². The summed E-state index contributed by atoms with van der Waals surface area (Å²) in [4.78, 5) is 2.49. The Bertz CT molecular complexity index is 538. The van der Waals surface area contributed by atoms with Crippen molar-refractivity contribution in [3.8, 4) is 0 Å². The van der Waals surface area contributed by atoms with Gasteiger partial charge in [-0.1, -0.05) is 37.3 Å². The largest absolute Gasteiger partial charge is 0.468 e. The highest BCUT2D eigenvalue weighted by Crippen LogP contribution is 2.35. The second kappa shape index (κ2) is 6.46. The van der Waals surface area contributed by atoms with Gasteiger partial charge < -0.3 is 10.2 Å². The van der Waals surface area contributed by atoms with Crippen molar-refractivity contribution in [3.63, 3.8) is 0 Å². The van der Waals surface area contributed by atoms with Gasteiger partial charge >= 0.3 is 0 Å². The molecule has 0 bridgehead atoms. The molecule has 3 unspecified atom stereocenters. The standard InChI is InChI=1S/C18H24N2O/c1-2-16(19)18(17-9-6-12-21-17)20-11-10-15(13-20)14-7-4-3-5-8-14/h3-9,12,15-16,18H,2,10-11,13,19H2,1H3. The Kier molecular flexibility index (Phi) is 4.42. The minimum Gasteiger partial charge on any atom is -0.468 e. The minimum absolute atomic E-state index is 0.116. The van der Waals surface area contributed by atoms with Gasteiger partial charge in [-0.05, 0) is 43.0 Å². The lowest BCUT2D eigenvalue weighted by Gasteiger charge is -2.30. The molecular formula is C18H24N2O. The number of likely N-dealkylation sites (tertiary alicyclic amines) is 1. The number of benzene rings is 1. The van der Waals surface area contributed by atoms with Crippen LogP contribution in [0.15, 0.2) is 53.1 Å². The predicted molar refractivity (Wildman–Crippen MR) is 85.1 cm³/mol. The molecule has 3 atom stereocenters. The van der Waals surface area contributed by atoms with Crippen molar-refractivity contribution < 1.29 is 4.42 Å². The van der Waals surface area contributed by atoms with Gasteiger partial charge in [-0.15, -0.1) is 0 Å². The zero-order valence-corrected chi connectivity index (χ0v) is 12.6. The molecule has 1 aromatic carbocycles. The zero-order valence-electron chi connectivity index (χ0n) is 12.6. The summed E-state index contributed by atoms with van der Waals surface area (Å²) in [5.41, 5.74) is 7.80. The first-order chi connectivity index (χ1) is 10.3. The van der Waals surface area contributed by atoms with Gasteiger partial charge in [-0.3, -0.25) is 4.90 Å². The van der Waals surface area contributed by atoms with Crippen molar-refractivity contribution in [2.75, 3.05) is 13.1 Å². The summed E-state index contributed by atoms with van der Waals surface area (Å²) in [5.74, 6) is 1.60. The Morgan fingerprint density at radius 1 is 1.24 bits per heavy atom. The summed E-state index contributed by atoms with van der Waals surface area (Å²) in [7, 11) is 0. The summed E-state index contributed by atoms with van der Waals surface area (Å²) >= 11 is 0. The Labute approximate surface area is 126 Å². The molecule has 21 heavy (non-hydrogen) atoms. The second-order valence-electron chi connectivity index (χ2n) is 5.92. The molecule has 0 radical (unpaired) electrons. The molecule has 1 aliphatic heterocycles. The topological polar surface area (TPSA) is 42.4 Å². The van der Waals surface area contributed by atoms with Gasteiger partial charge in [0.2, 0.25) is 0 Å². The molecule has 3 nitrogen and oxygen atoms in total. The van der Waals surface area contributed by atoms with Gasteiger partial charge in [0.1, 0.15) is 5.76 Å². The highest BCUT2D eigenvalue weighted by atomic mass is 16.3. The Morgan fingerprint density at radius 3 is 2.71 bits per heavy atom. The molecule has 0 aliphatic carbocycles.